The Hall–Kier alpha value is -1.27. The van der Waals surface area contributed by atoms with Crippen molar-refractivity contribution in [2.24, 2.45) is 0 Å². The highest BCUT2D eigenvalue weighted by Crippen LogP contribution is 2.29. The fourth-order valence-corrected chi connectivity index (χ4v) is 2.95. The van der Waals surface area contributed by atoms with Crippen molar-refractivity contribution in [3.63, 3.8) is 0 Å². The number of alkyl halides is 3. The number of halogens is 3. The van der Waals surface area contributed by atoms with Crippen LogP contribution in [-0.2, 0) is 4.79 Å². The fourth-order valence-electron chi connectivity index (χ4n) is 2.39. The Morgan fingerprint density at radius 2 is 1.81 bits per heavy atom. The first kappa shape index (κ1) is 21.0. The van der Waals surface area contributed by atoms with E-state index in [1.54, 1.807) is 0 Å². The minimum Gasteiger partial charge on any atom is -0.339 e. The Kier molecular flexibility index (Phi) is 7.77. The average Bonchev–Trinajstić information content (AvgIpc) is 2.59. The number of carbonyl (C=O) groups is 1. The highest BCUT2D eigenvalue weighted by atomic mass is 35.6. The molecule has 0 radical (unpaired) electrons. The number of anilines is 1. The van der Waals surface area contributed by atoms with E-state index in [9.17, 15) is 4.79 Å². The quantitative estimate of drug-likeness (QED) is 0.336. The Morgan fingerprint density at radius 1 is 1.12 bits per heavy atom. The third-order valence-corrected chi connectivity index (χ3v) is 4.58. The Morgan fingerprint density at radius 3 is 2.50 bits per heavy atom. The summed E-state index contributed by atoms with van der Waals surface area (Å²) in [5.41, 5.74) is 0.820. The number of carbonyl (C=O) groups excluding carboxylic acids is 1. The van der Waals surface area contributed by atoms with Gasteiger partial charge < -0.3 is 16.0 Å². The largest absolute Gasteiger partial charge is 0.339 e. The molecule has 4 nitrogen and oxygen atoms in total. The number of hydrogen-bond acceptors (Lipinski definition) is 2. The van der Waals surface area contributed by atoms with E-state index in [1.807, 2.05) is 49.4 Å². The van der Waals surface area contributed by atoms with Gasteiger partial charge in [-0.25, -0.2) is 0 Å². The lowest BCUT2D eigenvalue weighted by Gasteiger charge is -2.28. The van der Waals surface area contributed by atoms with Crippen LogP contribution in [0.4, 0.5) is 5.69 Å². The molecular formula is C18H20Cl3N3OS. The molecule has 2 aromatic carbocycles. The summed E-state index contributed by atoms with van der Waals surface area (Å²) in [7, 11) is 0. The second-order valence-electron chi connectivity index (χ2n) is 5.77. The Balaban J connectivity index is 2.08. The topological polar surface area (TPSA) is 53.2 Å². The first-order chi connectivity index (χ1) is 12.3. The van der Waals surface area contributed by atoms with Crippen molar-refractivity contribution >= 4 is 74.5 Å². The summed E-state index contributed by atoms with van der Waals surface area (Å²) in [6.07, 6.45) is 1.07. The third kappa shape index (κ3) is 6.16. The monoisotopic (exact) mass is 431 g/mol. The van der Waals surface area contributed by atoms with Crippen molar-refractivity contribution in [2.75, 3.05) is 5.32 Å². The van der Waals surface area contributed by atoms with Gasteiger partial charge in [-0.2, -0.15) is 0 Å². The van der Waals surface area contributed by atoms with Crippen LogP contribution in [-0.4, -0.2) is 21.0 Å². The van der Waals surface area contributed by atoms with Crippen LogP contribution in [0.25, 0.3) is 10.8 Å². The van der Waals surface area contributed by atoms with Crippen LogP contribution in [0.1, 0.15) is 26.2 Å². The van der Waals surface area contributed by atoms with Gasteiger partial charge in [-0.3, -0.25) is 4.79 Å². The molecular weight excluding hydrogens is 413 g/mol. The molecule has 140 valence electrons. The number of thiocarbonyl (C=S) groups is 1. The lowest BCUT2D eigenvalue weighted by atomic mass is 10.1. The lowest BCUT2D eigenvalue weighted by Crippen LogP contribution is -2.56. The van der Waals surface area contributed by atoms with Crippen molar-refractivity contribution in [1.82, 2.24) is 10.6 Å². The summed E-state index contributed by atoms with van der Waals surface area (Å²) in [5.74, 6) is -0.205. The zero-order chi connectivity index (χ0) is 19.2. The van der Waals surface area contributed by atoms with Gasteiger partial charge in [-0.15, -0.1) is 0 Å². The average molecular weight is 433 g/mol. The summed E-state index contributed by atoms with van der Waals surface area (Å²) in [6, 6.07) is 13.7. The summed E-state index contributed by atoms with van der Waals surface area (Å²) < 4.78 is -1.76. The Bertz CT molecular complexity index is 774. The molecule has 8 heteroatoms. The SMILES string of the molecule is CCCCC(=O)N[C@@H](NC(=S)Nc1cccc2ccccc12)C(Cl)(Cl)Cl. The molecule has 0 bridgehead atoms. The maximum Gasteiger partial charge on any atom is 0.228 e. The second kappa shape index (κ2) is 9.60. The molecule has 3 N–H and O–H groups in total. The van der Waals surface area contributed by atoms with Gasteiger partial charge in [0, 0.05) is 17.5 Å². The smallest absolute Gasteiger partial charge is 0.228 e. The van der Waals surface area contributed by atoms with Gasteiger partial charge in [-0.1, -0.05) is 84.5 Å². The van der Waals surface area contributed by atoms with Crippen molar-refractivity contribution in [3.8, 4) is 0 Å². The number of fused-ring (bicyclic) bond motifs is 1. The van der Waals surface area contributed by atoms with Crippen LogP contribution in [0, 0.1) is 0 Å². The zero-order valence-corrected chi connectivity index (χ0v) is 17.3. The molecule has 0 saturated carbocycles. The van der Waals surface area contributed by atoms with Crippen molar-refractivity contribution in [2.45, 2.75) is 36.1 Å². The number of hydrogen-bond donors (Lipinski definition) is 3. The van der Waals surface area contributed by atoms with Gasteiger partial charge in [0.25, 0.3) is 0 Å². The second-order valence-corrected chi connectivity index (χ2v) is 8.55. The van der Waals surface area contributed by atoms with Crippen LogP contribution in [0.5, 0.6) is 0 Å². The van der Waals surface area contributed by atoms with E-state index in [1.165, 1.54) is 0 Å². The molecule has 0 aromatic heterocycles. The molecule has 0 heterocycles. The summed E-state index contributed by atoms with van der Waals surface area (Å²) in [4.78, 5) is 12.0. The van der Waals surface area contributed by atoms with E-state index >= 15 is 0 Å². The molecule has 0 unspecified atom stereocenters. The molecule has 1 atom stereocenters. The molecule has 0 spiro atoms. The van der Waals surface area contributed by atoms with Crippen LogP contribution < -0.4 is 16.0 Å². The number of benzene rings is 2. The normalized spacial score (nSPS) is 12.5. The minimum atomic E-state index is -1.76. The first-order valence-electron chi connectivity index (χ1n) is 8.22. The van der Waals surface area contributed by atoms with Crippen molar-refractivity contribution in [1.29, 1.82) is 0 Å². The van der Waals surface area contributed by atoms with Gasteiger partial charge >= 0.3 is 0 Å². The standard InChI is InChI=1S/C18H20Cl3N3OS/c1-2-3-11-15(25)23-16(18(19,20)21)24-17(26)22-14-10-6-8-12-7-4-5-9-13(12)14/h4-10,16H,2-3,11H2,1H3,(H,23,25)(H2,22,24,26)/t16-/m0/s1. The minimum absolute atomic E-state index is 0.205. The van der Waals surface area contributed by atoms with Crippen LogP contribution >= 0.6 is 47.0 Å². The molecule has 0 saturated heterocycles. The summed E-state index contributed by atoms with van der Waals surface area (Å²) >= 11 is 23.3. The van der Waals surface area contributed by atoms with Crippen molar-refractivity contribution in [3.05, 3.63) is 42.5 Å². The predicted octanol–water partition coefficient (Wildman–Crippen LogP) is 5.13. The van der Waals surface area contributed by atoms with Gasteiger partial charge in [-0.05, 0) is 30.1 Å². The molecule has 1 amide bonds. The first-order valence-corrected chi connectivity index (χ1v) is 9.77. The molecule has 0 fully saturated rings. The highest BCUT2D eigenvalue weighted by Gasteiger charge is 2.34. The zero-order valence-electron chi connectivity index (χ0n) is 14.2. The van der Waals surface area contributed by atoms with Gasteiger partial charge in [0.2, 0.25) is 9.70 Å². The number of nitrogens with one attached hydrogen (secondary N) is 3. The van der Waals surface area contributed by atoms with Crippen LogP contribution in [0.2, 0.25) is 0 Å². The summed E-state index contributed by atoms with van der Waals surface area (Å²) in [6.45, 7) is 2.00. The molecule has 2 aromatic rings. The van der Waals surface area contributed by atoms with E-state index in [2.05, 4.69) is 16.0 Å². The summed E-state index contributed by atoms with van der Waals surface area (Å²) in [5, 5.41) is 11.0. The predicted molar refractivity (Wildman–Crippen MR) is 115 cm³/mol. The molecule has 26 heavy (non-hydrogen) atoms. The van der Waals surface area contributed by atoms with E-state index in [0.29, 0.717) is 6.42 Å². The molecule has 0 aliphatic rings. The van der Waals surface area contributed by atoms with Crippen molar-refractivity contribution < 1.29 is 4.79 Å². The molecule has 0 aliphatic heterocycles. The number of amides is 1. The van der Waals surface area contributed by atoms with Gasteiger partial charge in [0.05, 0.1) is 0 Å². The van der Waals surface area contributed by atoms with E-state index in [-0.39, 0.29) is 11.0 Å². The van der Waals surface area contributed by atoms with Crippen LogP contribution in [0.15, 0.2) is 42.5 Å². The third-order valence-electron chi connectivity index (χ3n) is 3.70. The molecule has 2 rings (SSSR count). The van der Waals surface area contributed by atoms with Crippen LogP contribution in [0.3, 0.4) is 0 Å². The van der Waals surface area contributed by atoms with E-state index in [0.717, 1.165) is 29.3 Å². The molecule has 0 aliphatic carbocycles. The lowest BCUT2D eigenvalue weighted by molar-refractivity contribution is -0.122. The van der Waals surface area contributed by atoms with E-state index in [4.69, 9.17) is 47.0 Å². The maximum absolute atomic E-state index is 12.0. The Labute approximate surface area is 173 Å². The van der Waals surface area contributed by atoms with E-state index < -0.39 is 9.96 Å². The number of rotatable bonds is 6. The maximum atomic E-state index is 12.0. The number of unbranched alkanes of at least 4 members (excludes halogenated alkanes) is 1. The van der Waals surface area contributed by atoms with Gasteiger partial charge in [0.15, 0.2) is 5.11 Å². The fraction of sp³-hybridized carbons (Fsp3) is 0.333. The van der Waals surface area contributed by atoms with Gasteiger partial charge in [0.1, 0.15) is 6.17 Å². The highest BCUT2D eigenvalue weighted by molar-refractivity contribution is 7.80.